The molecule has 1 heterocycles. The number of piperidine rings is 1. The quantitative estimate of drug-likeness (QED) is 0.819. The van der Waals surface area contributed by atoms with Gasteiger partial charge in [0.1, 0.15) is 5.60 Å². The molecule has 1 aliphatic rings. The van der Waals surface area contributed by atoms with E-state index in [9.17, 15) is 9.90 Å². The lowest BCUT2D eigenvalue weighted by Crippen LogP contribution is -2.66. The number of nitrogens with two attached hydrogens (primary N) is 1. The molecule has 1 aliphatic heterocycles. The number of benzene rings is 2. The number of hydrogen-bond donors (Lipinski definition) is 2. The third-order valence-electron chi connectivity index (χ3n) is 5.47. The Morgan fingerprint density at radius 3 is 2.52 bits per heavy atom. The molecule has 156 valence electrons. The van der Waals surface area contributed by atoms with Crippen molar-refractivity contribution in [3.8, 4) is 11.1 Å². The Labute approximate surface area is 173 Å². The third-order valence-corrected chi connectivity index (χ3v) is 5.47. The van der Waals surface area contributed by atoms with Crippen LogP contribution >= 0.6 is 0 Å². The standard InChI is InChI=1S/C24H32N2O3/c1-23(2,3)29-22(28)26-14-8-13-24(25,17-27)21(26)16-18-9-7-12-20(15-18)19-10-5-4-6-11-19/h4-7,9-12,15,21,27H,8,13-14,16-17,25H2,1-3H3/t21-,24+/m0/s1. The molecule has 0 aliphatic carbocycles. The minimum atomic E-state index is -0.849. The normalized spacial score (nSPS) is 22.4. The van der Waals surface area contributed by atoms with Crippen LogP contribution in [0.3, 0.4) is 0 Å². The van der Waals surface area contributed by atoms with Crippen molar-refractivity contribution in [2.24, 2.45) is 5.73 Å². The molecule has 29 heavy (non-hydrogen) atoms. The van der Waals surface area contributed by atoms with Gasteiger partial charge in [0.05, 0.1) is 18.2 Å². The van der Waals surface area contributed by atoms with Crippen LogP contribution in [0, 0.1) is 0 Å². The first-order valence-electron chi connectivity index (χ1n) is 10.3. The zero-order valence-electron chi connectivity index (χ0n) is 17.6. The Balaban J connectivity index is 1.89. The van der Waals surface area contributed by atoms with E-state index < -0.39 is 11.1 Å². The summed E-state index contributed by atoms with van der Waals surface area (Å²) in [5.41, 5.74) is 8.50. The summed E-state index contributed by atoms with van der Waals surface area (Å²) < 4.78 is 5.63. The lowest BCUT2D eigenvalue weighted by molar-refractivity contribution is -0.0139. The maximum absolute atomic E-state index is 12.9. The fourth-order valence-corrected chi connectivity index (χ4v) is 3.98. The Morgan fingerprint density at radius 2 is 1.86 bits per heavy atom. The molecular formula is C24H32N2O3. The van der Waals surface area contributed by atoms with E-state index in [0.29, 0.717) is 19.4 Å². The third kappa shape index (κ3) is 5.17. The second kappa shape index (κ2) is 8.56. The highest BCUT2D eigenvalue weighted by Gasteiger charge is 2.44. The van der Waals surface area contributed by atoms with Gasteiger partial charge < -0.3 is 20.5 Å². The number of amides is 1. The van der Waals surface area contributed by atoms with E-state index in [0.717, 1.165) is 23.1 Å². The molecule has 2 aromatic rings. The minimum Gasteiger partial charge on any atom is -0.444 e. The molecule has 1 saturated heterocycles. The molecule has 0 saturated carbocycles. The number of hydrogen-bond acceptors (Lipinski definition) is 4. The van der Waals surface area contributed by atoms with Crippen molar-refractivity contribution in [1.29, 1.82) is 0 Å². The highest BCUT2D eigenvalue weighted by atomic mass is 16.6. The summed E-state index contributed by atoms with van der Waals surface area (Å²) in [4.78, 5) is 14.6. The summed E-state index contributed by atoms with van der Waals surface area (Å²) in [6.45, 7) is 5.98. The van der Waals surface area contributed by atoms with Gasteiger partial charge in [-0.05, 0) is 56.7 Å². The first-order valence-corrected chi connectivity index (χ1v) is 10.3. The summed E-state index contributed by atoms with van der Waals surface area (Å²) in [6, 6.07) is 18.1. The number of likely N-dealkylation sites (tertiary alicyclic amines) is 1. The average molecular weight is 397 g/mol. The molecule has 1 amide bonds. The number of rotatable bonds is 4. The van der Waals surface area contributed by atoms with Crippen LogP contribution < -0.4 is 5.73 Å². The van der Waals surface area contributed by atoms with E-state index in [1.807, 2.05) is 51.1 Å². The number of aliphatic hydroxyl groups is 1. The summed E-state index contributed by atoms with van der Waals surface area (Å²) >= 11 is 0. The number of carbonyl (C=O) groups excluding carboxylic acids is 1. The number of aliphatic hydroxyl groups excluding tert-OH is 1. The van der Waals surface area contributed by atoms with E-state index in [-0.39, 0.29) is 18.7 Å². The lowest BCUT2D eigenvalue weighted by atomic mass is 9.79. The summed E-state index contributed by atoms with van der Waals surface area (Å²) in [6.07, 6.45) is 1.62. The van der Waals surface area contributed by atoms with E-state index in [2.05, 4.69) is 24.3 Å². The maximum atomic E-state index is 12.9. The van der Waals surface area contributed by atoms with Crippen LogP contribution in [0.1, 0.15) is 39.2 Å². The van der Waals surface area contributed by atoms with Gasteiger partial charge in [-0.25, -0.2) is 4.79 Å². The highest BCUT2D eigenvalue weighted by molar-refractivity contribution is 5.69. The summed E-state index contributed by atoms with van der Waals surface area (Å²) in [5.74, 6) is 0. The largest absolute Gasteiger partial charge is 0.444 e. The minimum absolute atomic E-state index is 0.171. The average Bonchev–Trinajstić information content (AvgIpc) is 2.69. The van der Waals surface area contributed by atoms with Crippen LogP contribution in [0.25, 0.3) is 11.1 Å². The van der Waals surface area contributed by atoms with Crippen molar-refractivity contribution in [1.82, 2.24) is 4.90 Å². The second-order valence-electron chi connectivity index (χ2n) is 8.95. The van der Waals surface area contributed by atoms with Crippen LogP contribution in [-0.2, 0) is 11.2 Å². The number of ether oxygens (including phenoxy) is 1. The van der Waals surface area contributed by atoms with Crippen molar-refractivity contribution in [3.05, 3.63) is 60.2 Å². The molecule has 0 unspecified atom stereocenters. The Kier molecular flexibility index (Phi) is 6.30. The summed E-state index contributed by atoms with van der Waals surface area (Å²) in [7, 11) is 0. The molecule has 0 bridgehead atoms. The zero-order chi connectivity index (χ0) is 21.1. The van der Waals surface area contributed by atoms with E-state index in [1.165, 1.54) is 0 Å². The number of carbonyl (C=O) groups is 1. The Bertz CT molecular complexity index is 832. The first kappa shape index (κ1) is 21.3. The van der Waals surface area contributed by atoms with Crippen LogP contribution in [0.2, 0.25) is 0 Å². The highest BCUT2D eigenvalue weighted by Crippen LogP contribution is 2.31. The van der Waals surface area contributed by atoms with Crippen molar-refractivity contribution in [2.75, 3.05) is 13.2 Å². The predicted octanol–water partition coefficient (Wildman–Crippen LogP) is 3.99. The smallest absolute Gasteiger partial charge is 0.410 e. The fraction of sp³-hybridized carbons (Fsp3) is 0.458. The van der Waals surface area contributed by atoms with Gasteiger partial charge in [0.15, 0.2) is 0 Å². The topological polar surface area (TPSA) is 75.8 Å². The molecule has 2 aromatic carbocycles. The van der Waals surface area contributed by atoms with Gasteiger partial charge >= 0.3 is 6.09 Å². The van der Waals surface area contributed by atoms with Gasteiger partial charge in [0.25, 0.3) is 0 Å². The van der Waals surface area contributed by atoms with Gasteiger partial charge in [-0.15, -0.1) is 0 Å². The second-order valence-corrected chi connectivity index (χ2v) is 8.95. The Hall–Kier alpha value is -2.37. The van der Waals surface area contributed by atoms with Gasteiger partial charge in [-0.2, -0.15) is 0 Å². The van der Waals surface area contributed by atoms with E-state index in [1.54, 1.807) is 4.90 Å². The Morgan fingerprint density at radius 1 is 1.17 bits per heavy atom. The van der Waals surface area contributed by atoms with Crippen LogP contribution in [-0.4, -0.2) is 46.4 Å². The fourth-order valence-electron chi connectivity index (χ4n) is 3.98. The molecule has 5 heteroatoms. The van der Waals surface area contributed by atoms with E-state index >= 15 is 0 Å². The monoisotopic (exact) mass is 396 g/mol. The van der Waals surface area contributed by atoms with Gasteiger partial charge in [-0.3, -0.25) is 0 Å². The lowest BCUT2D eigenvalue weighted by Gasteiger charge is -2.47. The van der Waals surface area contributed by atoms with Crippen LogP contribution in [0.4, 0.5) is 4.79 Å². The van der Waals surface area contributed by atoms with Crippen molar-refractivity contribution < 1.29 is 14.6 Å². The van der Waals surface area contributed by atoms with E-state index in [4.69, 9.17) is 10.5 Å². The zero-order valence-corrected chi connectivity index (χ0v) is 17.6. The van der Waals surface area contributed by atoms with Gasteiger partial charge in [0.2, 0.25) is 0 Å². The first-order chi connectivity index (χ1) is 13.7. The van der Waals surface area contributed by atoms with Gasteiger partial charge in [-0.1, -0.05) is 54.6 Å². The molecule has 1 fully saturated rings. The molecule has 3 rings (SSSR count). The van der Waals surface area contributed by atoms with Crippen molar-refractivity contribution in [3.63, 3.8) is 0 Å². The maximum Gasteiger partial charge on any atom is 0.410 e. The van der Waals surface area contributed by atoms with Crippen LogP contribution in [0.5, 0.6) is 0 Å². The van der Waals surface area contributed by atoms with Gasteiger partial charge in [0, 0.05) is 6.54 Å². The molecule has 2 atom stereocenters. The van der Waals surface area contributed by atoms with Crippen molar-refractivity contribution in [2.45, 2.75) is 57.2 Å². The molecule has 5 nitrogen and oxygen atoms in total. The molecular weight excluding hydrogens is 364 g/mol. The molecule has 0 spiro atoms. The van der Waals surface area contributed by atoms with Crippen LogP contribution in [0.15, 0.2) is 54.6 Å². The molecule has 0 radical (unpaired) electrons. The number of nitrogens with zero attached hydrogens (tertiary/aromatic N) is 1. The molecule has 3 N–H and O–H groups in total. The SMILES string of the molecule is CC(C)(C)OC(=O)N1CCC[C@@](N)(CO)[C@@H]1Cc1cccc(-c2ccccc2)c1. The molecule has 0 aromatic heterocycles. The summed E-state index contributed by atoms with van der Waals surface area (Å²) in [5, 5.41) is 10.1. The van der Waals surface area contributed by atoms with Crippen molar-refractivity contribution >= 4 is 6.09 Å². The predicted molar refractivity (Wildman–Crippen MR) is 116 cm³/mol.